The fraction of sp³-hybridized carbons (Fsp3) is 0.167. The Balaban J connectivity index is 1.81. The first-order valence-corrected chi connectivity index (χ1v) is 7.67. The average molecular weight is 353 g/mol. The molecule has 26 heavy (non-hydrogen) atoms. The van der Waals surface area contributed by atoms with E-state index >= 15 is 0 Å². The smallest absolute Gasteiger partial charge is 0.273 e. The predicted molar refractivity (Wildman–Crippen MR) is 98.3 cm³/mol. The molecule has 1 amide bonds. The molecule has 0 saturated carbocycles. The number of amides is 1. The molecule has 0 fully saturated rings. The standard InChI is InChI=1S/C18H17N7O/c1-19-18(26)16-12(6-7-22-24-16)23-13-5-3-4-11-15-14(20-8-9-21-15)10-25(2)17(11)13/h3-9H,10H2,1-2H3,(H,19,26)(H,22,23)/i1D3,2D3. The molecule has 0 atom stereocenters. The van der Waals surface area contributed by atoms with Gasteiger partial charge < -0.3 is 15.5 Å². The van der Waals surface area contributed by atoms with Gasteiger partial charge in [0.1, 0.15) is 0 Å². The van der Waals surface area contributed by atoms with E-state index in [2.05, 4.69) is 25.5 Å². The highest BCUT2D eigenvalue weighted by Gasteiger charge is 2.25. The third kappa shape index (κ3) is 2.61. The summed E-state index contributed by atoms with van der Waals surface area (Å²) in [6.07, 6.45) is 4.35. The average Bonchev–Trinajstić information content (AvgIpc) is 2.72. The SMILES string of the molecule is [2H]C([2H])([2H])NC(=O)c1nnccc1Nc1cccc2c1N(C([2H])([2H])[2H])Cc1nccnc1-2. The van der Waals surface area contributed by atoms with E-state index in [-0.39, 0.29) is 17.9 Å². The van der Waals surface area contributed by atoms with Crippen LogP contribution in [0.15, 0.2) is 42.9 Å². The highest BCUT2D eigenvalue weighted by Crippen LogP contribution is 2.42. The summed E-state index contributed by atoms with van der Waals surface area (Å²) in [5.41, 5.74) is 2.25. The van der Waals surface area contributed by atoms with Gasteiger partial charge >= 0.3 is 0 Å². The lowest BCUT2D eigenvalue weighted by molar-refractivity contribution is 0.0958. The second kappa shape index (κ2) is 6.40. The molecule has 0 aliphatic carbocycles. The molecule has 8 nitrogen and oxygen atoms in total. The van der Waals surface area contributed by atoms with E-state index < -0.39 is 19.9 Å². The number of nitrogens with zero attached hydrogens (tertiary/aromatic N) is 5. The van der Waals surface area contributed by atoms with Gasteiger partial charge in [-0.25, -0.2) is 0 Å². The Labute approximate surface area is 158 Å². The van der Waals surface area contributed by atoms with Crippen molar-refractivity contribution < 1.29 is 13.0 Å². The zero-order chi connectivity index (χ0) is 23.1. The third-order valence-corrected chi connectivity index (χ3v) is 3.96. The molecule has 3 heterocycles. The lowest BCUT2D eigenvalue weighted by Crippen LogP contribution is -2.24. The van der Waals surface area contributed by atoms with Crippen molar-refractivity contribution in [1.82, 2.24) is 25.5 Å². The minimum absolute atomic E-state index is 0.00630. The summed E-state index contributed by atoms with van der Waals surface area (Å²) in [5.74, 6) is -0.950. The van der Waals surface area contributed by atoms with Crippen LogP contribution in [0.4, 0.5) is 17.1 Å². The molecule has 0 unspecified atom stereocenters. The van der Waals surface area contributed by atoms with E-state index in [9.17, 15) is 4.79 Å². The summed E-state index contributed by atoms with van der Waals surface area (Å²) >= 11 is 0. The van der Waals surface area contributed by atoms with Crippen LogP contribution in [0, 0.1) is 0 Å². The molecular weight excluding hydrogens is 330 g/mol. The molecule has 1 aliphatic rings. The third-order valence-electron chi connectivity index (χ3n) is 3.96. The van der Waals surface area contributed by atoms with Crippen molar-refractivity contribution in [3.63, 3.8) is 0 Å². The molecule has 3 aromatic rings. The summed E-state index contributed by atoms with van der Waals surface area (Å²) in [5, 5.41) is 12.3. The summed E-state index contributed by atoms with van der Waals surface area (Å²) in [6, 6.07) is 6.53. The maximum absolute atomic E-state index is 12.4. The van der Waals surface area contributed by atoms with Crippen LogP contribution >= 0.6 is 0 Å². The van der Waals surface area contributed by atoms with Gasteiger partial charge in [-0.3, -0.25) is 14.8 Å². The topological polar surface area (TPSA) is 95.9 Å². The maximum Gasteiger partial charge on any atom is 0.273 e. The molecule has 0 spiro atoms. The monoisotopic (exact) mass is 353 g/mol. The number of nitrogens with one attached hydrogen (secondary N) is 2. The Morgan fingerprint density at radius 1 is 1.19 bits per heavy atom. The van der Waals surface area contributed by atoms with Crippen LogP contribution < -0.4 is 15.5 Å². The maximum atomic E-state index is 12.4. The van der Waals surface area contributed by atoms with E-state index in [1.807, 2.05) is 5.32 Å². The van der Waals surface area contributed by atoms with Crippen LogP contribution in [0.2, 0.25) is 0 Å². The highest BCUT2D eigenvalue weighted by atomic mass is 16.1. The molecule has 1 aliphatic heterocycles. The van der Waals surface area contributed by atoms with E-state index in [4.69, 9.17) is 8.22 Å². The summed E-state index contributed by atoms with van der Waals surface area (Å²) in [4.78, 5) is 22.3. The molecule has 0 bridgehead atoms. The number of benzene rings is 1. The molecule has 8 heteroatoms. The van der Waals surface area contributed by atoms with Crippen LogP contribution in [0.3, 0.4) is 0 Å². The number of hydrogen-bond acceptors (Lipinski definition) is 7. The van der Waals surface area contributed by atoms with Gasteiger partial charge in [-0.1, -0.05) is 12.1 Å². The zero-order valence-electron chi connectivity index (χ0n) is 19.4. The van der Waals surface area contributed by atoms with Gasteiger partial charge in [-0.15, -0.1) is 5.10 Å². The van der Waals surface area contributed by atoms with Gasteiger partial charge in [0, 0.05) is 40.1 Å². The van der Waals surface area contributed by atoms with Crippen molar-refractivity contribution in [2.45, 2.75) is 6.54 Å². The van der Waals surface area contributed by atoms with Crippen molar-refractivity contribution in [2.75, 3.05) is 24.2 Å². The number of fused-ring (bicyclic) bond motifs is 3. The highest BCUT2D eigenvalue weighted by molar-refractivity contribution is 5.99. The molecule has 1 aromatic carbocycles. The quantitative estimate of drug-likeness (QED) is 0.743. The Kier molecular flexibility index (Phi) is 2.57. The van der Waals surface area contributed by atoms with Gasteiger partial charge in [0.05, 0.1) is 41.2 Å². The minimum Gasteiger partial charge on any atom is -0.366 e. The van der Waals surface area contributed by atoms with Crippen molar-refractivity contribution in [1.29, 1.82) is 0 Å². The molecule has 2 N–H and O–H groups in total. The number of carbonyl (C=O) groups excluding carboxylic acids is 1. The van der Waals surface area contributed by atoms with Gasteiger partial charge in [0.25, 0.3) is 5.91 Å². The van der Waals surface area contributed by atoms with Gasteiger partial charge in [-0.05, 0) is 12.1 Å². The first-order chi connectivity index (χ1) is 15.0. The van der Waals surface area contributed by atoms with E-state index in [0.29, 0.717) is 28.3 Å². The Bertz CT molecular complexity index is 1180. The van der Waals surface area contributed by atoms with Crippen molar-refractivity contribution in [3.8, 4) is 11.3 Å². The van der Waals surface area contributed by atoms with Crippen molar-refractivity contribution >= 4 is 23.0 Å². The Morgan fingerprint density at radius 2 is 2.12 bits per heavy atom. The largest absolute Gasteiger partial charge is 0.366 e. The second-order valence-corrected chi connectivity index (χ2v) is 5.51. The normalized spacial score (nSPS) is 16.5. The number of para-hydroxylation sites is 1. The summed E-state index contributed by atoms with van der Waals surface area (Å²) < 4.78 is 45.8. The molecule has 2 aromatic heterocycles. The number of anilines is 3. The first-order valence-electron chi connectivity index (χ1n) is 10.7. The van der Waals surface area contributed by atoms with E-state index in [1.54, 1.807) is 18.2 Å². The molecule has 4 rings (SSSR count). The Hall–Kier alpha value is -3.55. The molecule has 0 saturated heterocycles. The fourth-order valence-electron chi connectivity index (χ4n) is 2.87. The van der Waals surface area contributed by atoms with Gasteiger partial charge in [0.15, 0.2) is 5.69 Å². The Morgan fingerprint density at radius 3 is 3.00 bits per heavy atom. The van der Waals surface area contributed by atoms with E-state index in [0.717, 1.165) is 0 Å². The van der Waals surface area contributed by atoms with Crippen molar-refractivity contribution in [2.24, 2.45) is 0 Å². The van der Waals surface area contributed by atoms with Crippen molar-refractivity contribution in [3.05, 3.63) is 54.2 Å². The number of aromatic nitrogens is 4. The van der Waals surface area contributed by atoms with Crippen LogP contribution in [0.1, 0.15) is 24.4 Å². The van der Waals surface area contributed by atoms with E-state index in [1.165, 1.54) is 29.6 Å². The predicted octanol–water partition coefficient (Wildman–Crippen LogP) is 1.99. The van der Waals surface area contributed by atoms with Gasteiger partial charge in [-0.2, -0.15) is 5.10 Å². The van der Waals surface area contributed by atoms with Gasteiger partial charge in [0.2, 0.25) is 0 Å². The second-order valence-electron chi connectivity index (χ2n) is 5.51. The molecular formula is C18H17N7O. The fourth-order valence-corrected chi connectivity index (χ4v) is 2.87. The summed E-state index contributed by atoms with van der Waals surface area (Å²) in [7, 11) is 0. The molecule has 130 valence electrons. The number of carbonyl (C=O) groups is 1. The molecule has 0 radical (unpaired) electrons. The zero-order valence-corrected chi connectivity index (χ0v) is 13.4. The number of rotatable bonds is 3. The number of hydrogen-bond donors (Lipinski definition) is 2. The van der Waals surface area contributed by atoms with Crippen LogP contribution in [0.5, 0.6) is 0 Å². The van der Waals surface area contributed by atoms with Crippen LogP contribution in [-0.4, -0.2) is 40.0 Å². The van der Waals surface area contributed by atoms with Crippen LogP contribution in [-0.2, 0) is 6.54 Å². The lowest BCUT2D eigenvalue weighted by atomic mass is 10.0. The summed E-state index contributed by atoms with van der Waals surface area (Å²) in [6.45, 7) is -5.19. The van der Waals surface area contributed by atoms with Crippen LogP contribution in [0.25, 0.3) is 11.3 Å². The lowest BCUT2D eigenvalue weighted by Gasteiger charge is -2.30. The first kappa shape index (κ1) is 10.4. The minimum atomic E-state index is -2.71.